The molecule has 1 amide bonds. The lowest BCUT2D eigenvalue weighted by molar-refractivity contribution is -0.119. The fourth-order valence-corrected chi connectivity index (χ4v) is 2.63. The largest absolute Gasteiger partial charge is 0.495 e. The maximum atomic E-state index is 11.8. The van der Waals surface area contributed by atoms with Crippen LogP contribution in [0, 0.1) is 5.92 Å². The number of ether oxygens (including phenoxy) is 1. The second kappa shape index (κ2) is 7.67. The second-order valence-corrected chi connectivity index (χ2v) is 5.19. The third kappa shape index (κ3) is 4.21. The summed E-state index contributed by atoms with van der Waals surface area (Å²) in [5.41, 5.74) is 4.57. The first-order valence-corrected chi connectivity index (χ1v) is 7.46. The van der Waals surface area contributed by atoms with Gasteiger partial charge in [0.15, 0.2) is 0 Å². The summed E-state index contributed by atoms with van der Waals surface area (Å²) in [5.74, 6) is 1.11. The Morgan fingerprint density at radius 1 is 1.43 bits per heavy atom. The highest BCUT2D eigenvalue weighted by molar-refractivity contribution is 5.90. The summed E-state index contributed by atoms with van der Waals surface area (Å²) >= 11 is 0. The standard InChI is InChI=1S/C16H23N3O2/c1-3-12-7-6-9-13(12)18-19-16(20)11-17-14-8-4-5-10-15(14)21-2/h4-5,8,10,12,17H,3,6-7,9,11H2,1-2H3,(H,19,20). The molecule has 0 aromatic heterocycles. The van der Waals surface area contributed by atoms with Gasteiger partial charge in [0.2, 0.25) is 0 Å². The number of hydrogen-bond acceptors (Lipinski definition) is 4. The predicted octanol–water partition coefficient (Wildman–Crippen LogP) is 2.79. The summed E-state index contributed by atoms with van der Waals surface area (Å²) in [6.45, 7) is 2.34. The molecule has 1 fully saturated rings. The monoisotopic (exact) mass is 289 g/mol. The lowest BCUT2D eigenvalue weighted by Crippen LogP contribution is -2.27. The van der Waals surface area contributed by atoms with Crippen molar-refractivity contribution in [3.8, 4) is 5.75 Å². The quantitative estimate of drug-likeness (QED) is 0.792. The minimum Gasteiger partial charge on any atom is -0.495 e. The Hall–Kier alpha value is -2.04. The topological polar surface area (TPSA) is 62.7 Å². The Balaban J connectivity index is 1.84. The third-order valence-electron chi connectivity index (χ3n) is 3.82. The number of nitrogens with one attached hydrogen (secondary N) is 2. The van der Waals surface area contributed by atoms with Crippen LogP contribution in [-0.2, 0) is 4.79 Å². The Labute approximate surface area is 125 Å². The molecule has 2 N–H and O–H groups in total. The molecule has 5 heteroatoms. The van der Waals surface area contributed by atoms with Crippen LogP contribution in [0.2, 0.25) is 0 Å². The van der Waals surface area contributed by atoms with Crippen LogP contribution in [0.15, 0.2) is 29.4 Å². The molecule has 21 heavy (non-hydrogen) atoms. The molecule has 0 heterocycles. The molecule has 1 saturated carbocycles. The van der Waals surface area contributed by atoms with Crippen LogP contribution in [0.1, 0.15) is 32.6 Å². The molecule has 1 aliphatic carbocycles. The minimum atomic E-state index is -0.143. The number of hydrogen-bond donors (Lipinski definition) is 2. The van der Waals surface area contributed by atoms with Crippen LogP contribution in [0.4, 0.5) is 5.69 Å². The summed E-state index contributed by atoms with van der Waals surface area (Å²) in [4.78, 5) is 11.8. The smallest absolute Gasteiger partial charge is 0.259 e. The molecular weight excluding hydrogens is 266 g/mol. The van der Waals surface area contributed by atoms with Crippen molar-refractivity contribution < 1.29 is 9.53 Å². The average Bonchev–Trinajstić information content (AvgIpc) is 2.98. The zero-order valence-corrected chi connectivity index (χ0v) is 12.7. The minimum absolute atomic E-state index is 0.143. The number of benzene rings is 1. The Morgan fingerprint density at radius 2 is 2.24 bits per heavy atom. The normalized spacial score (nSPS) is 19.5. The van der Waals surface area contributed by atoms with E-state index in [1.54, 1.807) is 7.11 Å². The highest BCUT2D eigenvalue weighted by Gasteiger charge is 2.20. The first-order chi connectivity index (χ1) is 10.2. The van der Waals surface area contributed by atoms with Crippen molar-refractivity contribution in [1.82, 2.24) is 5.43 Å². The molecule has 1 aliphatic rings. The number of carbonyl (C=O) groups excluding carboxylic acids is 1. The first kappa shape index (κ1) is 15.4. The number of nitrogens with zero attached hydrogens (tertiary/aromatic N) is 1. The van der Waals surface area contributed by atoms with Crippen LogP contribution < -0.4 is 15.5 Å². The summed E-state index contributed by atoms with van der Waals surface area (Å²) in [5, 5.41) is 7.33. The van der Waals surface area contributed by atoms with E-state index in [1.165, 1.54) is 12.8 Å². The molecule has 0 spiro atoms. The molecule has 114 valence electrons. The van der Waals surface area contributed by atoms with Gasteiger partial charge in [-0.15, -0.1) is 0 Å². The van der Waals surface area contributed by atoms with Crippen molar-refractivity contribution in [1.29, 1.82) is 0 Å². The number of carbonyl (C=O) groups is 1. The molecule has 0 radical (unpaired) electrons. The van der Waals surface area contributed by atoms with E-state index in [0.29, 0.717) is 5.92 Å². The van der Waals surface area contributed by atoms with Gasteiger partial charge in [0.05, 0.1) is 19.3 Å². The van der Waals surface area contributed by atoms with Gasteiger partial charge < -0.3 is 10.1 Å². The van der Waals surface area contributed by atoms with Gasteiger partial charge in [-0.2, -0.15) is 5.10 Å². The van der Waals surface area contributed by atoms with Crippen LogP contribution in [0.5, 0.6) is 5.75 Å². The molecule has 1 aromatic carbocycles. The van der Waals surface area contributed by atoms with E-state index in [9.17, 15) is 4.79 Å². The first-order valence-electron chi connectivity index (χ1n) is 7.46. The lowest BCUT2D eigenvalue weighted by atomic mass is 10.0. The van der Waals surface area contributed by atoms with E-state index in [1.807, 2.05) is 24.3 Å². The van der Waals surface area contributed by atoms with Gasteiger partial charge >= 0.3 is 0 Å². The number of para-hydroxylation sites is 2. The maximum absolute atomic E-state index is 11.8. The number of rotatable bonds is 6. The van der Waals surface area contributed by atoms with E-state index >= 15 is 0 Å². The molecule has 0 saturated heterocycles. The number of anilines is 1. The van der Waals surface area contributed by atoms with Crippen molar-refractivity contribution in [3.05, 3.63) is 24.3 Å². The van der Waals surface area contributed by atoms with Crippen molar-refractivity contribution >= 4 is 17.3 Å². The lowest BCUT2D eigenvalue weighted by Gasteiger charge is -2.11. The number of methoxy groups -OCH3 is 1. The van der Waals surface area contributed by atoms with Gasteiger partial charge in [-0.25, -0.2) is 5.43 Å². The SMILES string of the molecule is CCC1CCCC1=NNC(=O)CNc1ccccc1OC. The molecule has 5 nitrogen and oxygen atoms in total. The van der Waals surface area contributed by atoms with Gasteiger partial charge in [0, 0.05) is 5.71 Å². The fourth-order valence-electron chi connectivity index (χ4n) is 2.63. The number of amides is 1. The summed E-state index contributed by atoms with van der Waals surface area (Å²) < 4.78 is 5.23. The molecular formula is C16H23N3O2. The van der Waals surface area contributed by atoms with Gasteiger partial charge in [-0.05, 0) is 43.7 Å². The summed E-state index contributed by atoms with van der Waals surface area (Å²) in [6.07, 6.45) is 4.45. The molecule has 0 aliphatic heterocycles. The summed E-state index contributed by atoms with van der Waals surface area (Å²) in [6, 6.07) is 7.52. The Morgan fingerprint density at radius 3 is 3.00 bits per heavy atom. The van der Waals surface area contributed by atoms with Crippen LogP contribution in [0.3, 0.4) is 0 Å². The fraction of sp³-hybridized carbons (Fsp3) is 0.500. The molecule has 1 aromatic rings. The van der Waals surface area contributed by atoms with Crippen LogP contribution in [-0.4, -0.2) is 25.3 Å². The van der Waals surface area contributed by atoms with Crippen LogP contribution in [0.25, 0.3) is 0 Å². The second-order valence-electron chi connectivity index (χ2n) is 5.19. The Kier molecular flexibility index (Phi) is 5.60. The molecule has 2 rings (SSSR count). The van der Waals surface area contributed by atoms with Crippen molar-refractivity contribution in [2.75, 3.05) is 19.0 Å². The molecule has 1 atom stereocenters. The van der Waals surface area contributed by atoms with E-state index < -0.39 is 0 Å². The maximum Gasteiger partial charge on any atom is 0.259 e. The molecule has 0 bridgehead atoms. The highest BCUT2D eigenvalue weighted by Crippen LogP contribution is 2.25. The van der Waals surface area contributed by atoms with Crippen molar-refractivity contribution in [3.63, 3.8) is 0 Å². The number of hydrazone groups is 1. The molecule has 1 unspecified atom stereocenters. The summed E-state index contributed by atoms with van der Waals surface area (Å²) in [7, 11) is 1.61. The predicted molar refractivity (Wildman–Crippen MR) is 84.7 cm³/mol. The Bertz CT molecular complexity index is 514. The van der Waals surface area contributed by atoms with E-state index in [2.05, 4.69) is 22.8 Å². The third-order valence-corrected chi connectivity index (χ3v) is 3.82. The van der Waals surface area contributed by atoms with Crippen LogP contribution >= 0.6 is 0 Å². The zero-order chi connectivity index (χ0) is 15.1. The van der Waals surface area contributed by atoms with Crippen molar-refractivity contribution in [2.24, 2.45) is 11.0 Å². The average molecular weight is 289 g/mol. The van der Waals surface area contributed by atoms with E-state index in [4.69, 9.17) is 4.74 Å². The van der Waals surface area contributed by atoms with Gasteiger partial charge in [0.25, 0.3) is 5.91 Å². The van der Waals surface area contributed by atoms with Gasteiger partial charge in [-0.3, -0.25) is 4.79 Å². The van der Waals surface area contributed by atoms with Crippen molar-refractivity contribution in [2.45, 2.75) is 32.6 Å². The zero-order valence-electron chi connectivity index (χ0n) is 12.7. The van der Waals surface area contributed by atoms with E-state index in [-0.39, 0.29) is 12.5 Å². The van der Waals surface area contributed by atoms with Gasteiger partial charge in [-0.1, -0.05) is 19.1 Å². The highest BCUT2D eigenvalue weighted by atomic mass is 16.5. The van der Waals surface area contributed by atoms with E-state index in [0.717, 1.165) is 30.0 Å². The van der Waals surface area contributed by atoms with Gasteiger partial charge in [0.1, 0.15) is 5.75 Å².